The van der Waals surface area contributed by atoms with E-state index in [1.54, 1.807) is 0 Å². The number of nitrogens with one attached hydrogen (secondary N) is 1. The largest absolute Gasteiger partial charge is 0.391 e. The minimum absolute atomic E-state index is 0.291. The Hall–Kier alpha value is -0.840. The Morgan fingerprint density at radius 3 is 2.93 bits per heavy atom. The SMILES string of the molecule is NCC(O)Cc1cc2cc(Br)ccc2[nH]1. The van der Waals surface area contributed by atoms with Crippen molar-refractivity contribution in [1.29, 1.82) is 0 Å². The molecule has 0 saturated carbocycles. The van der Waals surface area contributed by atoms with Crippen LogP contribution in [0.1, 0.15) is 5.69 Å². The van der Waals surface area contributed by atoms with Crippen molar-refractivity contribution in [3.63, 3.8) is 0 Å². The molecule has 15 heavy (non-hydrogen) atoms. The first-order valence-electron chi connectivity index (χ1n) is 4.84. The van der Waals surface area contributed by atoms with Crippen molar-refractivity contribution >= 4 is 26.8 Å². The Bertz CT molecular complexity index is 467. The molecule has 0 radical (unpaired) electrons. The van der Waals surface area contributed by atoms with Crippen molar-refractivity contribution in [1.82, 2.24) is 4.98 Å². The van der Waals surface area contributed by atoms with Crippen LogP contribution in [0.2, 0.25) is 0 Å². The van der Waals surface area contributed by atoms with Crippen LogP contribution in [0.25, 0.3) is 10.9 Å². The second kappa shape index (κ2) is 4.35. The first-order chi connectivity index (χ1) is 7.19. The van der Waals surface area contributed by atoms with Gasteiger partial charge in [-0.05, 0) is 24.3 Å². The van der Waals surface area contributed by atoms with Gasteiger partial charge in [0.05, 0.1) is 6.10 Å². The van der Waals surface area contributed by atoms with E-state index < -0.39 is 6.10 Å². The fourth-order valence-corrected chi connectivity index (χ4v) is 1.99. The molecule has 4 N–H and O–H groups in total. The summed E-state index contributed by atoms with van der Waals surface area (Å²) < 4.78 is 1.06. The molecule has 0 aliphatic carbocycles. The maximum atomic E-state index is 9.44. The zero-order chi connectivity index (χ0) is 10.8. The van der Waals surface area contributed by atoms with Gasteiger partial charge in [-0.25, -0.2) is 0 Å². The highest BCUT2D eigenvalue weighted by atomic mass is 79.9. The fourth-order valence-electron chi connectivity index (χ4n) is 1.61. The third-order valence-electron chi connectivity index (χ3n) is 2.37. The van der Waals surface area contributed by atoms with E-state index in [1.807, 2.05) is 24.3 Å². The molecule has 0 aliphatic heterocycles. The van der Waals surface area contributed by atoms with E-state index in [4.69, 9.17) is 5.73 Å². The Kier molecular flexibility index (Phi) is 3.09. The molecule has 0 saturated heterocycles. The van der Waals surface area contributed by atoms with E-state index >= 15 is 0 Å². The molecular weight excluding hydrogens is 256 g/mol. The maximum absolute atomic E-state index is 9.44. The van der Waals surface area contributed by atoms with Crippen molar-refractivity contribution in [3.8, 4) is 0 Å². The van der Waals surface area contributed by atoms with Crippen molar-refractivity contribution in [2.24, 2.45) is 5.73 Å². The molecule has 1 aromatic heterocycles. The van der Waals surface area contributed by atoms with Crippen LogP contribution < -0.4 is 5.73 Å². The Balaban J connectivity index is 2.30. The molecule has 1 atom stereocenters. The quantitative estimate of drug-likeness (QED) is 0.795. The minimum atomic E-state index is -0.471. The number of aliphatic hydroxyl groups is 1. The van der Waals surface area contributed by atoms with Crippen LogP contribution in [0, 0.1) is 0 Å². The van der Waals surface area contributed by atoms with E-state index in [0.29, 0.717) is 13.0 Å². The fraction of sp³-hybridized carbons (Fsp3) is 0.273. The van der Waals surface area contributed by atoms with Crippen molar-refractivity contribution in [3.05, 3.63) is 34.4 Å². The van der Waals surface area contributed by atoms with E-state index in [2.05, 4.69) is 20.9 Å². The number of aromatic amines is 1. The number of hydrogen-bond donors (Lipinski definition) is 3. The van der Waals surface area contributed by atoms with E-state index in [0.717, 1.165) is 21.1 Å². The van der Waals surface area contributed by atoms with E-state index in [-0.39, 0.29) is 0 Å². The summed E-state index contributed by atoms with van der Waals surface area (Å²) in [6.07, 6.45) is 0.101. The lowest BCUT2D eigenvalue weighted by Gasteiger charge is -2.04. The van der Waals surface area contributed by atoms with Gasteiger partial charge in [0.25, 0.3) is 0 Å². The van der Waals surface area contributed by atoms with Crippen LogP contribution in [0.3, 0.4) is 0 Å². The minimum Gasteiger partial charge on any atom is -0.391 e. The molecule has 4 heteroatoms. The van der Waals surface area contributed by atoms with E-state index in [1.165, 1.54) is 0 Å². The highest BCUT2D eigenvalue weighted by Gasteiger charge is 2.06. The average Bonchev–Trinajstić information content (AvgIpc) is 2.59. The highest BCUT2D eigenvalue weighted by Crippen LogP contribution is 2.20. The molecule has 2 rings (SSSR count). The summed E-state index contributed by atoms with van der Waals surface area (Å²) in [6, 6.07) is 8.09. The van der Waals surface area contributed by atoms with Gasteiger partial charge in [0.2, 0.25) is 0 Å². The third kappa shape index (κ3) is 2.40. The van der Waals surface area contributed by atoms with Crippen LogP contribution in [0.5, 0.6) is 0 Å². The highest BCUT2D eigenvalue weighted by molar-refractivity contribution is 9.10. The first-order valence-corrected chi connectivity index (χ1v) is 5.63. The van der Waals surface area contributed by atoms with Crippen LogP contribution in [0.15, 0.2) is 28.7 Å². The van der Waals surface area contributed by atoms with Gasteiger partial charge < -0.3 is 15.8 Å². The van der Waals surface area contributed by atoms with Gasteiger partial charge in [0, 0.05) is 34.0 Å². The molecule has 1 aromatic carbocycles. The van der Waals surface area contributed by atoms with Crippen LogP contribution in [-0.4, -0.2) is 22.7 Å². The van der Waals surface area contributed by atoms with Crippen LogP contribution in [-0.2, 0) is 6.42 Å². The lowest BCUT2D eigenvalue weighted by atomic mass is 10.2. The summed E-state index contributed by atoms with van der Waals surface area (Å²) in [5, 5.41) is 10.6. The van der Waals surface area contributed by atoms with Crippen molar-refractivity contribution in [2.45, 2.75) is 12.5 Å². The second-order valence-corrected chi connectivity index (χ2v) is 4.54. The average molecular weight is 269 g/mol. The van der Waals surface area contributed by atoms with Gasteiger partial charge in [0.15, 0.2) is 0 Å². The molecule has 1 unspecified atom stereocenters. The van der Waals surface area contributed by atoms with E-state index in [9.17, 15) is 5.11 Å². The molecule has 80 valence electrons. The predicted octanol–water partition coefficient (Wildman–Crippen LogP) is 1.79. The first kappa shape index (κ1) is 10.7. The summed E-state index contributed by atoms with van der Waals surface area (Å²) in [5.74, 6) is 0. The topological polar surface area (TPSA) is 62.0 Å². The second-order valence-electron chi connectivity index (χ2n) is 3.62. The number of hydrogen-bond acceptors (Lipinski definition) is 2. The number of benzene rings is 1. The number of aliphatic hydroxyl groups excluding tert-OH is 1. The van der Waals surface area contributed by atoms with Gasteiger partial charge in [0.1, 0.15) is 0 Å². The monoisotopic (exact) mass is 268 g/mol. The number of nitrogens with two attached hydrogens (primary N) is 1. The number of fused-ring (bicyclic) bond motifs is 1. The molecule has 0 bridgehead atoms. The summed E-state index contributed by atoms with van der Waals surface area (Å²) in [5.41, 5.74) is 7.46. The van der Waals surface area contributed by atoms with Gasteiger partial charge in [-0.3, -0.25) is 0 Å². The maximum Gasteiger partial charge on any atom is 0.0716 e. The number of aromatic nitrogens is 1. The molecule has 0 aliphatic rings. The van der Waals surface area contributed by atoms with Crippen LogP contribution >= 0.6 is 15.9 Å². The summed E-state index contributed by atoms with van der Waals surface area (Å²) >= 11 is 3.42. The number of rotatable bonds is 3. The lowest BCUT2D eigenvalue weighted by Crippen LogP contribution is -2.22. The smallest absolute Gasteiger partial charge is 0.0716 e. The number of halogens is 1. The summed E-state index contributed by atoms with van der Waals surface area (Å²) in [7, 11) is 0. The lowest BCUT2D eigenvalue weighted by molar-refractivity contribution is 0.182. The zero-order valence-electron chi connectivity index (χ0n) is 8.20. The normalized spacial score (nSPS) is 13.3. The molecule has 0 amide bonds. The van der Waals surface area contributed by atoms with Crippen molar-refractivity contribution in [2.75, 3.05) is 6.54 Å². The standard InChI is InChI=1S/C11H13BrN2O/c12-8-1-2-11-7(3-8)4-9(14-11)5-10(15)6-13/h1-4,10,14-15H,5-6,13H2. The Morgan fingerprint density at radius 2 is 2.20 bits per heavy atom. The molecule has 3 nitrogen and oxygen atoms in total. The summed E-state index contributed by atoms with van der Waals surface area (Å²) in [4.78, 5) is 3.25. The van der Waals surface area contributed by atoms with Crippen LogP contribution in [0.4, 0.5) is 0 Å². The zero-order valence-corrected chi connectivity index (χ0v) is 9.79. The molecule has 2 aromatic rings. The van der Waals surface area contributed by atoms with Gasteiger partial charge in [-0.15, -0.1) is 0 Å². The van der Waals surface area contributed by atoms with Gasteiger partial charge >= 0.3 is 0 Å². The van der Waals surface area contributed by atoms with Gasteiger partial charge in [-0.1, -0.05) is 15.9 Å². The number of H-pyrrole nitrogens is 1. The van der Waals surface area contributed by atoms with Gasteiger partial charge in [-0.2, -0.15) is 0 Å². The third-order valence-corrected chi connectivity index (χ3v) is 2.86. The summed E-state index contributed by atoms with van der Waals surface area (Å²) in [6.45, 7) is 0.291. The Morgan fingerprint density at radius 1 is 1.40 bits per heavy atom. The molecule has 0 fully saturated rings. The Labute approximate surface area is 96.4 Å². The van der Waals surface area contributed by atoms with Crippen molar-refractivity contribution < 1.29 is 5.11 Å². The molecular formula is C11H13BrN2O. The predicted molar refractivity (Wildman–Crippen MR) is 64.8 cm³/mol. The molecule has 0 spiro atoms. The molecule has 1 heterocycles.